The van der Waals surface area contributed by atoms with Gasteiger partial charge in [0.2, 0.25) is 0 Å². The predicted molar refractivity (Wildman–Crippen MR) is 76.2 cm³/mol. The van der Waals surface area contributed by atoms with E-state index in [4.69, 9.17) is 9.47 Å². The Morgan fingerprint density at radius 1 is 1.16 bits per heavy atom. The van der Waals surface area contributed by atoms with Crippen LogP contribution in [0.4, 0.5) is 0 Å². The Morgan fingerprint density at radius 3 is 2.79 bits per heavy atom. The SMILES string of the molecule is Cc1cn(CCCCC2OCCO2)c2ccccc12. The summed E-state index contributed by atoms with van der Waals surface area (Å²) in [6.07, 6.45) is 5.63. The van der Waals surface area contributed by atoms with Crippen molar-refractivity contribution in [2.75, 3.05) is 13.2 Å². The lowest BCUT2D eigenvalue weighted by atomic mass is 10.2. The first kappa shape index (κ1) is 12.7. The molecule has 3 rings (SSSR count). The molecule has 3 nitrogen and oxygen atoms in total. The lowest BCUT2D eigenvalue weighted by molar-refractivity contribution is -0.0480. The average molecular weight is 259 g/mol. The molecule has 3 heteroatoms. The highest BCUT2D eigenvalue weighted by atomic mass is 16.7. The first-order valence-electron chi connectivity index (χ1n) is 7.12. The fraction of sp³-hybridized carbons (Fsp3) is 0.500. The van der Waals surface area contributed by atoms with Crippen LogP contribution in [-0.4, -0.2) is 24.1 Å². The van der Waals surface area contributed by atoms with Gasteiger partial charge in [-0.15, -0.1) is 0 Å². The largest absolute Gasteiger partial charge is 0.350 e. The van der Waals surface area contributed by atoms with Crippen LogP contribution in [0.1, 0.15) is 24.8 Å². The number of para-hydroxylation sites is 1. The minimum absolute atomic E-state index is 0.0446. The Kier molecular flexibility index (Phi) is 3.85. The van der Waals surface area contributed by atoms with Gasteiger partial charge in [-0.1, -0.05) is 18.2 Å². The van der Waals surface area contributed by atoms with E-state index in [-0.39, 0.29) is 6.29 Å². The molecule has 0 atom stereocenters. The summed E-state index contributed by atoms with van der Waals surface area (Å²) in [5.74, 6) is 0. The number of ether oxygens (including phenoxy) is 2. The van der Waals surface area contributed by atoms with Gasteiger partial charge < -0.3 is 14.0 Å². The summed E-state index contributed by atoms with van der Waals surface area (Å²) in [7, 11) is 0. The maximum atomic E-state index is 5.45. The quantitative estimate of drug-likeness (QED) is 0.767. The summed E-state index contributed by atoms with van der Waals surface area (Å²) in [5, 5.41) is 1.37. The highest BCUT2D eigenvalue weighted by Gasteiger charge is 2.14. The van der Waals surface area contributed by atoms with Crippen molar-refractivity contribution >= 4 is 10.9 Å². The van der Waals surface area contributed by atoms with Gasteiger partial charge in [0.15, 0.2) is 6.29 Å². The van der Waals surface area contributed by atoms with Crippen LogP contribution < -0.4 is 0 Å². The van der Waals surface area contributed by atoms with E-state index in [2.05, 4.69) is 42.0 Å². The first-order valence-corrected chi connectivity index (χ1v) is 7.12. The maximum absolute atomic E-state index is 5.45. The third-order valence-electron chi connectivity index (χ3n) is 3.77. The van der Waals surface area contributed by atoms with Crippen LogP contribution in [0.3, 0.4) is 0 Å². The molecule has 0 unspecified atom stereocenters. The van der Waals surface area contributed by atoms with Crippen LogP contribution in [0.25, 0.3) is 10.9 Å². The van der Waals surface area contributed by atoms with Crippen LogP contribution in [0.2, 0.25) is 0 Å². The van der Waals surface area contributed by atoms with Crippen LogP contribution in [0.5, 0.6) is 0 Å². The fourth-order valence-electron chi connectivity index (χ4n) is 2.78. The van der Waals surface area contributed by atoms with Crippen LogP contribution in [-0.2, 0) is 16.0 Å². The molecule has 1 saturated heterocycles. The zero-order valence-corrected chi connectivity index (χ0v) is 11.5. The van der Waals surface area contributed by atoms with Gasteiger partial charge in [0, 0.05) is 23.6 Å². The monoisotopic (exact) mass is 259 g/mol. The first-order chi connectivity index (χ1) is 9.34. The third kappa shape index (κ3) is 2.82. The van der Waals surface area contributed by atoms with Gasteiger partial charge in [0.1, 0.15) is 0 Å². The van der Waals surface area contributed by atoms with E-state index in [9.17, 15) is 0 Å². The average Bonchev–Trinajstić information content (AvgIpc) is 3.04. The van der Waals surface area contributed by atoms with Crippen molar-refractivity contribution in [3.63, 3.8) is 0 Å². The smallest absolute Gasteiger partial charge is 0.157 e. The van der Waals surface area contributed by atoms with E-state index in [1.54, 1.807) is 0 Å². The molecule has 0 N–H and O–H groups in total. The molecule has 19 heavy (non-hydrogen) atoms. The molecule has 2 heterocycles. The highest BCUT2D eigenvalue weighted by molar-refractivity contribution is 5.83. The number of hydrogen-bond acceptors (Lipinski definition) is 2. The fourth-order valence-corrected chi connectivity index (χ4v) is 2.78. The third-order valence-corrected chi connectivity index (χ3v) is 3.77. The zero-order chi connectivity index (χ0) is 13.1. The molecule has 1 aliphatic rings. The van der Waals surface area contributed by atoms with E-state index in [1.165, 1.54) is 22.9 Å². The minimum atomic E-state index is 0.0446. The van der Waals surface area contributed by atoms with E-state index in [0.29, 0.717) is 0 Å². The van der Waals surface area contributed by atoms with Gasteiger partial charge in [-0.25, -0.2) is 0 Å². The summed E-state index contributed by atoms with van der Waals surface area (Å²) >= 11 is 0. The molecule has 0 aliphatic carbocycles. The molecule has 1 aliphatic heterocycles. The van der Waals surface area contributed by atoms with Crippen LogP contribution in [0, 0.1) is 6.92 Å². The van der Waals surface area contributed by atoms with Crippen molar-refractivity contribution in [1.29, 1.82) is 0 Å². The molecule has 102 valence electrons. The van der Waals surface area contributed by atoms with Gasteiger partial charge in [-0.2, -0.15) is 0 Å². The molecule has 1 fully saturated rings. The van der Waals surface area contributed by atoms with Crippen molar-refractivity contribution in [2.24, 2.45) is 0 Å². The van der Waals surface area contributed by atoms with Gasteiger partial charge in [-0.3, -0.25) is 0 Å². The molecular weight excluding hydrogens is 238 g/mol. The Bertz CT molecular complexity index is 541. The minimum Gasteiger partial charge on any atom is -0.350 e. The Labute approximate surface area is 114 Å². The van der Waals surface area contributed by atoms with Gasteiger partial charge in [0.25, 0.3) is 0 Å². The van der Waals surface area contributed by atoms with E-state index in [0.717, 1.165) is 32.6 Å². The van der Waals surface area contributed by atoms with E-state index < -0.39 is 0 Å². The number of hydrogen-bond donors (Lipinski definition) is 0. The van der Waals surface area contributed by atoms with Crippen molar-refractivity contribution in [3.05, 3.63) is 36.0 Å². The van der Waals surface area contributed by atoms with Gasteiger partial charge >= 0.3 is 0 Å². The normalized spacial score (nSPS) is 16.5. The van der Waals surface area contributed by atoms with E-state index in [1.807, 2.05) is 0 Å². The molecular formula is C16H21NO2. The Balaban J connectivity index is 1.56. The second-order valence-corrected chi connectivity index (χ2v) is 5.19. The summed E-state index contributed by atoms with van der Waals surface area (Å²) < 4.78 is 13.3. The molecule has 0 bridgehead atoms. The predicted octanol–water partition coefficient (Wildman–Crippen LogP) is 3.49. The highest BCUT2D eigenvalue weighted by Crippen LogP contribution is 2.21. The van der Waals surface area contributed by atoms with Crippen molar-refractivity contribution < 1.29 is 9.47 Å². The van der Waals surface area contributed by atoms with Gasteiger partial charge in [-0.05, 0) is 37.8 Å². The maximum Gasteiger partial charge on any atom is 0.157 e. The van der Waals surface area contributed by atoms with Crippen molar-refractivity contribution in [2.45, 2.75) is 39.0 Å². The van der Waals surface area contributed by atoms with Crippen molar-refractivity contribution in [3.8, 4) is 0 Å². The second kappa shape index (κ2) is 5.76. The number of nitrogens with zero attached hydrogens (tertiary/aromatic N) is 1. The van der Waals surface area contributed by atoms with Crippen LogP contribution >= 0.6 is 0 Å². The van der Waals surface area contributed by atoms with E-state index >= 15 is 0 Å². The number of aryl methyl sites for hydroxylation is 2. The number of aromatic nitrogens is 1. The number of unbranched alkanes of at least 4 members (excludes halogenated alkanes) is 1. The summed E-state index contributed by atoms with van der Waals surface area (Å²) in [6, 6.07) is 8.61. The summed E-state index contributed by atoms with van der Waals surface area (Å²) in [6.45, 7) is 4.76. The molecule has 0 saturated carbocycles. The molecule has 2 aromatic rings. The zero-order valence-electron chi connectivity index (χ0n) is 11.5. The molecule has 1 aromatic carbocycles. The van der Waals surface area contributed by atoms with Gasteiger partial charge in [0.05, 0.1) is 13.2 Å². The number of benzene rings is 1. The molecule has 0 spiro atoms. The molecule has 0 radical (unpaired) electrons. The molecule has 0 amide bonds. The Morgan fingerprint density at radius 2 is 1.95 bits per heavy atom. The Hall–Kier alpha value is -1.32. The topological polar surface area (TPSA) is 23.4 Å². The lowest BCUT2D eigenvalue weighted by Crippen LogP contribution is -2.07. The van der Waals surface area contributed by atoms with Crippen LogP contribution in [0.15, 0.2) is 30.5 Å². The second-order valence-electron chi connectivity index (χ2n) is 5.19. The number of rotatable bonds is 5. The standard InChI is InChI=1S/C16H21NO2/c1-13-12-17(15-7-3-2-6-14(13)15)9-5-4-8-16-18-10-11-19-16/h2-3,6-7,12,16H,4-5,8-11H2,1H3. The molecule has 1 aromatic heterocycles. The van der Waals surface area contributed by atoms with Crippen molar-refractivity contribution in [1.82, 2.24) is 4.57 Å². The lowest BCUT2D eigenvalue weighted by Gasteiger charge is -2.09. The summed E-state index contributed by atoms with van der Waals surface area (Å²) in [5.41, 5.74) is 2.70. The summed E-state index contributed by atoms with van der Waals surface area (Å²) in [4.78, 5) is 0. The number of fused-ring (bicyclic) bond motifs is 1.